The third-order valence-corrected chi connectivity index (χ3v) is 5.78. The number of hydrogen-bond acceptors (Lipinski definition) is 4. The monoisotopic (exact) mass is 450 g/mol. The Morgan fingerprint density at radius 3 is 2.24 bits per heavy atom. The zero-order valence-electron chi connectivity index (χ0n) is 19.0. The molecule has 0 aliphatic heterocycles. The standard InChI is InChI=1S/C26H30N2O5/c1-3-8-18(15-24(29)27-14-13-17(2)25(30)31)28-26(32)33-16-23-21-11-6-4-9-19(21)20-10-5-7-12-22(20)23/h4-7,9-13,18,23H,3,8,14-16H2,1-2H3,(H,27,29)(H,28,32)(H,30,31)/b17-13+/t18-/m0/s1. The quantitative estimate of drug-likeness (QED) is 0.470. The Hall–Kier alpha value is -3.61. The number of benzene rings is 2. The molecule has 3 rings (SSSR count). The fourth-order valence-corrected chi connectivity index (χ4v) is 4.08. The van der Waals surface area contributed by atoms with Crippen LogP contribution in [0.15, 0.2) is 60.2 Å². The van der Waals surface area contributed by atoms with E-state index >= 15 is 0 Å². The van der Waals surface area contributed by atoms with E-state index in [2.05, 4.69) is 34.9 Å². The van der Waals surface area contributed by atoms with E-state index in [1.807, 2.05) is 31.2 Å². The SMILES string of the molecule is CCC[C@@H](CC(=O)NC/C=C(\C)C(=O)O)NC(=O)OCC1c2ccccc2-c2ccccc21. The average molecular weight is 451 g/mol. The highest BCUT2D eigenvalue weighted by Gasteiger charge is 2.29. The molecule has 0 aromatic heterocycles. The maximum Gasteiger partial charge on any atom is 0.407 e. The normalized spacial score (nSPS) is 13.6. The molecule has 0 bridgehead atoms. The molecular formula is C26H30N2O5. The first-order valence-corrected chi connectivity index (χ1v) is 11.2. The zero-order chi connectivity index (χ0) is 23.8. The first-order valence-electron chi connectivity index (χ1n) is 11.2. The van der Waals surface area contributed by atoms with Gasteiger partial charge in [-0.15, -0.1) is 0 Å². The number of fused-ring (bicyclic) bond motifs is 3. The predicted octanol–water partition coefficient (Wildman–Crippen LogP) is 4.23. The molecule has 0 saturated heterocycles. The van der Waals surface area contributed by atoms with Gasteiger partial charge in [-0.2, -0.15) is 0 Å². The van der Waals surface area contributed by atoms with Crippen molar-refractivity contribution in [3.8, 4) is 11.1 Å². The molecule has 174 valence electrons. The van der Waals surface area contributed by atoms with Crippen LogP contribution in [0.1, 0.15) is 50.2 Å². The number of alkyl carbamates (subject to hydrolysis) is 1. The third kappa shape index (κ3) is 6.22. The molecule has 3 N–H and O–H groups in total. The van der Waals surface area contributed by atoms with Gasteiger partial charge in [-0.25, -0.2) is 9.59 Å². The highest BCUT2D eigenvalue weighted by Crippen LogP contribution is 2.44. The molecule has 1 aliphatic rings. The Bertz CT molecular complexity index is 1000. The lowest BCUT2D eigenvalue weighted by molar-refractivity contribution is -0.132. The molecule has 2 aromatic rings. The molecule has 1 aliphatic carbocycles. The minimum absolute atomic E-state index is 0.0275. The lowest BCUT2D eigenvalue weighted by Crippen LogP contribution is -2.40. The summed E-state index contributed by atoms with van der Waals surface area (Å²) in [5.74, 6) is -1.31. The van der Waals surface area contributed by atoms with Gasteiger partial charge in [-0.1, -0.05) is 68.0 Å². The van der Waals surface area contributed by atoms with E-state index in [4.69, 9.17) is 9.84 Å². The summed E-state index contributed by atoms with van der Waals surface area (Å²) in [6.07, 6.45) is 2.40. The number of nitrogens with one attached hydrogen (secondary N) is 2. The molecule has 7 heteroatoms. The van der Waals surface area contributed by atoms with Crippen LogP contribution in [0.4, 0.5) is 4.79 Å². The average Bonchev–Trinajstić information content (AvgIpc) is 3.11. The smallest absolute Gasteiger partial charge is 0.407 e. The van der Waals surface area contributed by atoms with Gasteiger partial charge in [0.05, 0.1) is 0 Å². The van der Waals surface area contributed by atoms with Crippen LogP contribution < -0.4 is 10.6 Å². The summed E-state index contributed by atoms with van der Waals surface area (Å²) in [5.41, 5.74) is 4.77. The molecule has 0 unspecified atom stereocenters. The molecule has 2 aromatic carbocycles. The number of hydrogen-bond donors (Lipinski definition) is 3. The highest BCUT2D eigenvalue weighted by atomic mass is 16.5. The van der Waals surface area contributed by atoms with Gasteiger partial charge in [0.25, 0.3) is 0 Å². The van der Waals surface area contributed by atoms with E-state index in [-0.39, 0.29) is 43.0 Å². The highest BCUT2D eigenvalue weighted by molar-refractivity contribution is 5.86. The molecule has 33 heavy (non-hydrogen) atoms. The summed E-state index contributed by atoms with van der Waals surface area (Å²) in [6.45, 7) is 3.78. The van der Waals surface area contributed by atoms with Crippen LogP contribution >= 0.6 is 0 Å². The Morgan fingerprint density at radius 2 is 1.67 bits per heavy atom. The summed E-state index contributed by atoms with van der Waals surface area (Å²) < 4.78 is 5.58. The zero-order valence-corrected chi connectivity index (χ0v) is 19.0. The van der Waals surface area contributed by atoms with Crippen LogP contribution in [0.5, 0.6) is 0 Å². The van der Waals surface area contributed by atoms with Crippen LogP contribution in [0, 0.1) is 0 Å². The van der Waals surface area contributed by atoms with Crippen molar-refractivity contribution in [2.24, 2.45) is 0 Å². The van der Waals surface area contributed by atoms with Gasteiger partial charge in [0, 0.05) is 30.5 Å². The largest absolute Gasteiger partial charge is 0.478 e. The van der Waals surface area contributed by atoms with Crippen LogP contribution in [-0.2, 0) is 14.3 Å². The summed E-state index contributed by atoms with van der Waals surface area (Å²) in [5, 5.41) is 14.3. The van der Waals surface area contributed by atoms with E-state index in [0.29, 0.717) is 6.42 Å². The molecular weight excluding hydrogens is 420 g/mol. The lowest BCUT2D eigenvalue weighted by Gasteiger charge is -2.19. The first-order chi connectivity index (χ1) is 15.9. The number of carbonyl (C=O) groups is 3. The number of rotatable bonds is 10. The second-order valence-corrected chi connectivity index (χ2v) is 8.16. The fraction of sp³-hybridized carbons (Fsp3) is 0.346. The van der Waals surface area contributed by atoms with Crippen molar-refractivity contribution in [3.63, 3.8) is 0 Å². The van der Waals surface area contributed by atoms with Crippen LogP contribution in [0.25, 0.3) is 11.1 Å². The molecule has 0 fully saturated rings. The first kappa shape index (κ1) is 24.0. The van der Waals surface area contributed by atoms with Gasteiger partial charge in [0.1, 0.15) is 6.61 Å². The Balaban J connectivity index is 1.55. The second kappa shape index (κ2) is 11.3. The van der Waals surface area contributed by atoms with Crippen molar-refractivity contribution in [1.29, 1.82) is 0 Å². The summed E-state index contributed by atoms with van der Waals surface area (Å²) in [6, 6.07) is 15.9. The van der Waals surface area contributed by atoms with Gasteiger partial charge in [0.2, 0.25) is 5.91 Å². The third-order valence-electron chi connectivity index (χ3n) is 5.78. The maximum absolute atomic E-state index is 12.5. The molecule has 2 amide bonds. The van der Waals surface area contributed by atoms with Gasteiger partial charge in [-0.05, 0) is 35.6 Å². The van der Waals surface area contributed by atoms with Crippen LogP contribution in [0.3, 0.4) is 0 Å². The van der Waals surface area contributed by atoms with Gasteiger partial charge in [-0.3, -0.25) is 4.79 Å². The lowest BCUT2D eigenvalue weighted by atomic mass is 9.98. The molecule has 0 saturated carbocycles. The second-order valence-electron chi connectivity index (χ2n) is 8.16. The van der Waals surface area contributed by atoms with Crippen molar-refractivity contribution in [2.45, 2.75) is 45.1 Å². The molecule has 0 spiro atoms. The minimum atomic E-state index is -1.02. The minimum Gasteiger partial charge on any atom is -0.478 e. The van der Waals surface area contributed by atoms with Gasteiger partial charge >= 0.3 is 12.1 Å². The fourth-order valence-electron chi connectivity index (χ4n) is 4.08. The Labute approximate surface area is 193 Å². The summed E-state index contributed by atoms with van der Waals surface area (Å²) in [7, 11) is 0. The molecule has 0 radical (unpaired) electrons. The number of ether oxygens (including phenoxy) is 1. The van der Waals surface area contributed by atoms with Crippen molar-refractivity contribution < 1.29 is 24.2 Å². The Kier molecular flexibility index (Phi) is 8.24. The van der Waals surface area contributed by atoms with E-state index in [1.165, 1.54) is 13.0 Å². The van der Waals surface area contributed by atoms with Crippen molar-refractivity contribution in [1.82, 2.24) is 10.6 Å². The van der Waals surface area contributed by atoms with Crippen molar-refractivity contribution >= 4 is 18.0 Å². The number of amides is 2. The number of carboxylic acid groups (broad SMARTS) is 1. The van der Waals surface area contributed by atoms with Crippen LogP contribution in [0.2, 0.25) is 0 Å². The van der Waals surface area contributed by atoms with E-state index in [0.717, 1.165) is 28.7 Å². The molecule has 1 atom stereocenters. The van der Waals surface area contributed by atoms with E-state index in [9.17, 15) is 14.4 Å². The number of carboxylic acids is 1. The molecule has 7 nitrogen and oxygen atoms in total. The Morgan fingerprint density at radius 1 is 1.06 bits per heavy atom. The number of carbonyl (C=O) groups excluding carboxylic acids is 2. The van der Waals surface area contributed by atoms with E-state index in [1.54, 1.807) is 0 Å². The molecule has 0 heterocycles. The summed E-state index contributed by atoms with van der Waals surface area (Å²) in [4.78, 5) is 35.6. The summed E-state index contributed by atoms with van der Waals surface area (Å²) >= 11 is 0. The predicted molar refractivity (Wildman–Crippen MR) is 126 cm³/mol. The van der Waals surface area contributed by atoms with Crippen LogP contribution in [-0.4, -0.2) is 42.3 Å². The topological polar surface area (TPSA) is 105 Å². The number of aliphatic carboxylic acids is 1. The van der Waals surface area contributed by atoms with Crippen molar-refractivity contribution in [2.75, 3.05) is 13.2 Å². The van der Waals surface area contributed by atoms with Gasteiger partial charge < -0.3 is 20.5 Å². The maximum atomic E-state index is 12.5. The van der Waals surface area contributed by atoms with E-state index < -0.39 is 12.1 Å². The van der Waals surface area contributed by atoms with Gasteiger partial charge in [0.15, 0.2) is 0 Å². The van der Waals surface area contributed by atoms with Crippen molar-refractivity contribution in [3.05, 3.63) is 71.3 Å².